The number of carbonyl (C=O) groups excluding carboxylic acids is 1. The summed E-state index contributed by atoms with van der Waals surface area (Å²) < 4.78 is 45.0. The van der Waals surface area contributed by atoms with Crippen LogP contribution in [0.5, 0.6) is 5.75 Å². The van der Waals surface area contributed by atoms with E-state index in [1.54, 1.807) is 6.92 Å². The fraction of sp³-hybridized carbons (Fsp3) is 0.111. The lowest BCUT2D eigenvalue weighted by molar-refractivity contribution is 0.102. The van der Waals surface area contributed by atoms with Gasteiger partial charge in [-0.15, -0.1) is 11.3 Å². The first-order chi connectivity index (χ1) is 12.4. The van der Waals surface area contributed by atoms with E-state index in [4.69, 9.17) is 4.74 Å². The Kier molecular flexibility index (Phi) is 4.94. The Hall–Kier alpha value is -2.87. The minimum absolute atomic E-state index is 0.0345. The number of carbonyl (C=O) groups is 1. The van der Waals surface area contributed by atoms with Crippen molar-refractivity contribution in [2.45, 2.75) is 6.92 Å². The topological polar surface area (TPSA) is 51.2 Å². The number of nitrogens with one attached hydrogen (secondary N) is 1. The average molecular weight is 378 g/mol. The minimum Gasteiger partial charge on any atom is -0.494 e. The molecular formula is C18H13F3N2O2S. The fourth-order valence-electron chi connectivity index (χ4n) is 2.34. The van der Waals surface area contributed by atoms with E-state index in [-0.39, 0.29) is 16.4 Å². The van der Waals surface area contributed by atoms with Gasteiger partial charge in [0.25, 0.3) is 5.91 Å². The van der Waals surface area contributed by atoms with Crippen molar-refractivity contribution in [2.75, 3.05) is 12.4 Å². The lowest BCUT2D eigenvalue weighted by Crippen LogP contribution is -2.12. The summed E-state index contributed by atoms with van der Waals surface area (Å²) in [4.78, 5) is 17.2. The molecule has 0 unspecified atom stereocenters. The number of amides is 1. The second kappa shape index (κ2) is 7.17. The van der Waals surface area contributed by atoms with Gasteiger partial charge in [-0.05, 0) is 43.3 Å². The van der Waals surface area contributed by atoms with Gasteiger partial charge in [-0.25, -0.2) is 18.2 Å². The number of ether oxygens (including phenoxy) is 1. The van der Waals surface area contributed by atoms with Crippen molar-refractivity contribution in [2.24, 2.45) is 0 Å². The summed E-state index contributed by atoms with van der Waals surface area (Å²) in [5.41, 5.74) is 0.935. The number of thiazole rings is 1. The van der Waals surface area contributed by atoms with Gasteiger partial charge in [0.15, 0.2) is 28.3 Å². The number of hydrogen-bond donors (Lipinski definition) is 1. The molecule has 1 N–H and O–H groups in total. The maximum Gasteiger partial charge on any atom is 0.257 e. The summed E-state index contributed by atoms with van der Waals surface area (Å²) in [5, 5.41) is 2.84. The Balaban J connectivity index is 1.84. The van der Waals surface area contributed by atoms with Crippen molar-refractivity contribution >= 4 is 22.4 Å². The minimum atomic E-state index is -0.978. The molecule has 0 fully saturated rings. The van der Waals surface area contributed by atoms with Gasteiger partial charge in [-0.2, -0.15) is 0 Å². The molecule has 0 spiro atoms. The standard InChI is InChI=1S/C18H13F3N2O2S/c1-9-16(10-3-5-12(19)13(20)7-10)22-18(26-9)23-17(24)11-4-6-15(25-2)14(21)8-11/h3-8H,1-2H3,(H,22,23,24). The highest BCUT2D eigenvalue weighted by molar-refractivity contribution is 7.16. The van der Waals surface area contributed by atoms with Crippen LogP contribution in [0.1, 0.15) is 15.2 Å². The highest BCUT2D eigenvalue weighted by Crippen LogP contribution is 2.31. The zero-order chi connectivity index (χ0) is 18.8. The SMILES string of the molecule is COc1ccc(C(=O)Nc2nc(-c3ccc(F)c(F)c3)c(C)s2)cc1F. The van der Waals surface area contributed by atoms with Crippen molar-refractivity contribution in [3.8, 4) is 17.0 Å². The number of hydrogen-bond acceptors (Lipinski definition) is 4. The summed E-state index contributed by atoms with van der Waals surface area (Å²) in [5.74, 6) is -3.09. The van der Waals surface area contributed by atoms with Crippen LogP contribution >= 0.6 is 11.3 Å². The third kappa shape index (κ3) is 3.55. The van der Waals surface area contributed by atoms with E-state index in [0.717, 1.165) is 18.2 Å². The summed E-state index contributed by atoms with van der Waals surface area (Å²) in [6.45, 7) is 1.75. The van der Waals surface area contributed by atoms with E-state index in [0.29, 0.717) is 16.1 Å². The highest BCUT2D eigenvalue weighted by atomic mass is 32.1. The van der Waals surface area contributed by atoms with Gasteiger partial charge in [0.05, 0.1) is 12.8 Å². The van der Waals surface area contributed by atoms with Gasteiger partial charge < -0.3 is 4.74 Å². The molecular weight excluding hydrogens is 365 g/mol. The molecule has 0 radical (unpaired) electrons. The normalized spacial score (nSPS) is 10.7. The molecule has 3 rings (SSSR count). The van der Waals surface area contributed by atoms with Crippen LogP contribution in [-0.4, -0.2) is 18.0 Å². The number of aromatic nitrogens is 1. The molecule has 3 aromatic rings. The number of nitrogens with zero attached hydrogens (tertiary/aromatic N) is 1. The molecule has 0 saturated carbocycles. The molecule has 8 heteroatoms. The number of methoxy groups -OCH3 is 1. The molecule has 1 aromatic heterocycles. The third-order valence-corrected chi connectivity index (χ3v) is 4.51. The second-order valence-electron chi connectivity index (χ2n) is 5.36. The molecule has 0 aliphatic heterocycles. The Morgan fingerprint density at radius 3 is 2.50 bits per heavy atom. The largest absolute Gasteiger partial charge is 0.494 e. The average Bonchev–Trinajstić information content (AvgIpc) is 2.97. The van der Waals surface area contributed by atoms with E-state index in [1.807, 2.05) is 0 Å². The van der Waals surface area contributed by atoms with E-state index >= 15 is 0 Å². The van der Waals surface area contributed by atoms with Gasteiger partial charge in [-0.3, -0.25) is 10.1 Å². The van der Waals surface area contributed by atoms with Crippen LogP contribution in [-0.2, 0) is 0 Å². The number of aryl methyl sites for hydroxylation is 1. The van der Waals surface area contributed by atoms with Crippen molar-refractivity contribution in [1.82, 2.24) is 4.98 Å². The summed E-state index contributed by atoms with van der Waals surface area (Å²) in [7, 11) is 1.33. The van der Waals surface area contributed by atoms with E-state index in [1.165, 1.54) is 36.6 Å². The lowest BCUT2D eigenvalue weighted by atomic mass is 10.1. The summed E-state index contributed by atoms with van der Waals surface area (Å²) in [6, 6.07) is 7.30. The molecule has 134 valence electrons. The van der Waals surface area contributed by atoms with Crippen molar-refractivity contribution in [3.63, 3.8) is 0 Å². The molecule has 26 heavy (non-hydrogen) atoms. The molecule has 0 aliphatic rings. The van der Waals surface area contributed by atoms with Crippen LogP contribution < -0.4 is 10.1 Å². The lowest BCUT2D eigenvalue weighted by Gasteiger charge is -2.05. The first-order valence-corrected chi connectivity index (χ1v) is 8.28. The van der Waals surface area contributed by atoms with E-state index in [9.17, 15) is 18.0 Å². The number of halogens is 3. The predicted molar refractivity (Wildman–Crippen MR) is 93.1 cm³/mol. The number of anilines is 1. The van der Waals surface area contributed by atoms with Crippen molar-refractivity contribution in [1.29, 1.82) is 0 Å². The van der Waals surface area contributed by atoms with Crippen LogP contribution in [0.25, 0.3) is 11.3 Å². The maximum absolute atomic E-state index is 13.7. The first kappa shape index (κ1) is 17.9. The van der Waals surface area contributed by atoms with E-state index < -0.39 is 23.4 Å². The van der Waals surface area contributed by atoms with Gasteiger partial charge in [0.1, 0.15) is 0 Å². The second-order valence-corrected chi connectivity index (χ2v) is 6.56. The molecule has 2 aromatic carbocycles. The first-order valence-electron chi connectivity index (χ1n) is 7.46. The van der Waals surface area contributed by atoms with Crippen LogP contribution in [0.3, 0.4) is 0 Å². The summed E-state index contributed by atoms with van der Waals surface area (Å²) >= 11 is 1.18. The Labute approximate surface area is 151 Å². The van der Waals surface area contributed by atoms with Crippen LogP contribution in [0.15, 0.2) is 36.4 Å². The fourth-order valence-corrected chi connectivity index (χ4v) is 3.17. The van der Waals surface area contributed by atoms with Crippen molar-refractivity contribution in [3.05, 3.63) is 64.3 Å². The van der Waals surface area contributed by atoms with E-state index in [2.05, 4.69) is 10.3 Å². The zero-order valence-corrected chi connectivity index (χ0v) is 14.6. The number of rotatable bonds is 4. The van der Waals surface area contributed by atoms with Crippen LogP contribution in [0.4, 0.5) is 18.3 Å². The smallest absolute Gasteiger partial charge is 0.257 e. The zero-order valence-electron chi connectivity index (χ0n) is 13.8. The predicted octanol–water partition coefficient (Wildman–Crippen LogP) is 4.80. The van der Waals surface area contributed by atoms with Gasteiger partial charge in [0.2, 0.25) is 0 Å². The highest BCUT2D eigenvalue weighted by Gasteiger charge is 2.16. The van der Waals surface area contributed by atoms with Crippen molar-refractivity contribution < 1.29 is 22.7 Å². The van der Waals surface area contributed by atoms with Crippen LogP contribution in [0.2, 0.25) is 0 Å². The third-order valence-electron chi connectivity index (χ3n) is 3.62. The quantitative estimate of drug-likeness (QED) is 0.710. The maximum atomic E-state index is 13.7. The molecule has 1 heterocycles. The molecule has 0 bridgehead atoms. The Morgan fingerprint density at radius 2 is 1.85 bits per heavy atom. The van der Waals surface area contributed by atoms with Gasteiger partial charge in [-0.1, -0.05) is 0 Å². The Morgan fingerprint density at radius 1 is 1.08 bits per heavy atom. The van der Waals surface area contributed by atoms with Gasteiger partial charge in [0, 0.05) is 16.0 Å². The van der Waals surface area contributed by atoms with Crippen LogP contribution in [0, 0.1) is 24.4 Å². The molecule has 4 nitrogen and oxygen atoms in total. The Bertz CT molecular complexity index is 989. The van der Waals surface area contributed by atoms with Gasteiger partial charge >= 0.3 is 0 Å². The molecule has 1 amide bonds. The molecule has 0 saturated heterocycles. The summed E-state index contributed by atoms with van der Waals surface area (Å²) in [6.07, 6.45) is 0. The molecule has 0 atom stereocenters. The number of benzene rings is 2. The monoisotopic (exact) mass is 378 g/mol. The molecule has 0 aliphatic carbocycles.